The SMILES string of the molecule is NCCn1cnc(C(=O)Nc2cc(F)ccc2F)c1. The number of benzene rings is 1. The van der Waals surface area contributed by atoms with Crippen molar-refractivity contribution in [2.75, 3.05) is 11.9 Å². The van der Waals surface area contributed by atoms with E-state index in [9.17, 15) is 13.6 Å². The Labute approximate surface area is 108 Å². The molecule has 0 aliphatic heterocycles. The van der Waals surface area contributed by atoms with Gasteiger partial charge in [0, 0.05) is 25.4 Å². The van der Waals surface area contributed by atoms with Crippen LogP contribution in [0.15, 0.2) is 30.7 Å². The predicted molar refractivity (Wildman–Crippen MR) is 65.6 cm³/mol. The van der Waals surface area contributed by atoms with Crippen LogP contribution < -0.4 is 11.1 Å². The van der Waals surface area contributed by atoms with Gasteiger partial charge < -0.3 is 15.6 Å². The molecule has 1 heterocycles. The minimum Gasteiger partial charge on any atom is -0.335 e. The Morgan fingerprint density at radius 2 is 2.21 bits per heavy atom. The Hall–Kier alpha value is -2.28. The Morgan fingerprint density at radius 3 is 2.95 bits per heavy atom. The number of nitrogens with one attached hydrogen (secondary N) is 1. The van der Waals surface area contributed by atoms with Crippen molar-refractivity contribution in [1.29, 1.82) is 0 Å². The maximum atomic E-state index is 13.3. The summed E-state index contributed by atoms with van der Waals surface area (Å²) in [5, 5.41) is 2.26. The first-order chi connectivity index (χ1) is 9.10. The largest absolute Gasteiger partial charge is 0.335 e. The van der Waals surface area contributed by atoms with E-state index < -0.39 is 17.5 Å². The molecule has 0 bridgehead atoms. The van der Waals surface area contributed by atoms with Gasteiger partial charge in [-0.2, -0.15) is 0 Å². The number of aromatic nitrogens is 2. The van der Waals surface area contributed by atoms with Crippen LogP contribution in [0.1, 0.15) is 10.5 Å². The van der Waals surface area contributed by atoms with E-state index in [-0.39, 0.29) is 11.4 Å². The van der Waals surface area contributed by atoms with Gasteiger partial charge in [0.15, 0.2) is 0 Å². The number of carbonyl (C=O) groups is 1. The Kier molecular flexibility index (Phi) is 3.86. The van der Waals surface area contributed by atoms with Crippen LogP contribution in [0.3, 0.4) is 0 Å². The van der Waals surface area contributed by atoms with Crippen LogP contribution in [0, 0.1) is 11.6 Å². The molecule has 0 saturated heterocycles. The van der Waals surface area contributed by atoms with Crippen molar-refractivity contribution in [2.24, 2.45) is 5.73 Å². The zero-order chi connectivity index (χ0) is 13.8. The lowest BCUT2D eigenvalue weighted by molar-refractivity contribution is 0.102. The molecule has 1 aromatic carbocycles. The second-order valence-electron chi connectivity index (χ2n) is 3.86. The summed E-state index contributed by atoms with van der Waals surface area (Å²) in [4.78, 5) is 15.7. The molecule has 100 valence electrons. The summed E-state index contributed by atoms with van der Waals surface area (Å²) >= 11 is 0. The quantitative estimate of drug-likeness (QED) is 0.877. The molecule has 0 aliphatic rings. The molecule has 0 fully saturated rings. The van der Waals surface area contributed by atoms with Crippen LogP contribution in [-0.4, -0.2) is 22.0 Å². The lowest BCUT2D eigenvalue weighted by atomic mass is 10.3. The molecular formula is C12H12F2N4O. The monoisotopic (exact) mass is 266 g/mol. The highest BCUT2D eigenvalue weighted by molar-refractivity contribution is 6.02. The molecule has 0 saturated carbocycles. The molecule has 3 N–H and O–H groups in total. The summed E-state index contributed by atoms with van der Waals surface area (Å²) in [5.41, 5.74) is 5.25. The van der Waals surface area contributed by atoms with Crippen molar-refractivity contribution >= 4 is 11.6 Å². The number of rotatable bonds is 4. The van der Waals surface area contributed by atoms with Crippen molar-refractivity contribution in [3.05, 3.63) is 48.1 Å². The molecule has 19 heavy (non-hydrogen) atoms. The third kappa shape index (κ3) is 3.14. The molecule has 0 radical (unpaired) electrons. The summed E-state index contributed by atoms with van der Waals surface area (Å²) in [5.74, 6) is -1.96. The van der Waals surface area contributed by atoms with Gasteiger partial charge in [0.25, 0.3) is 5.91 Å². The van der Waals surface area contributed by atoms with Crippen molar-refractivity contribution in [1.82, 2.24) is 9.55 Å². The molecule has 7 heteroatoms. The number of carbonyl (C=O) groups excluding carboxylic acids is 1. The fourth-order valence-electron chi connectivity index (χ4n) is 1.53. The number of imidazole rings is 1. The third-order valence-corrected chi connectivity index (χ3v) is 2.43. The number of hydrogen-bond acceptors (Lipinski definition) is 3. The van der Waals surface area contributed by atoms with Crippen LogP contribution in [-0.2, 0) is 6.54 Å². The Morgan fingerprint density at radius 1 is 1.42 bits per heavy atom. The van der Waals surface area contributed by atoms with Crippen molar-refractivity contribution in [3.8, 4) is 0 Å². The normalized spacial score (nSPS) is 10.5. The first-order valence-electron chi connectivity index (χ1n) is 5.58. The van der Waals surface area contributed by atoms with E-state index in [1.54, 1.807) is 4.57 Å². The predicted octanol–water partition coefficient (Wildman–Crippen LogP) is 1.37. The maximum absolute atomic E-state index is 13.3. The van der Waals surface area contributed by atoms with Gasteiger partial charge in [0.05, 0.1) is 12.0 Å². The standard InChI is InChI=1S/C12H12F2N4O/c13-8-1-2-9(14)10(5-8)17-12(19)11-6-18(4-3-15)7-16-11/h1-2,5-7H,3-4,15H2,(H,17,19). The average molecular weight is 266 g/mol. The highest BCUT2D eigenvalue weighted by Gasteiger charge is 2.12. The van der Waals surface area contributed by atoms with Gasteiger partial charge in [0.2, 0.25) is 0 Å². The first-order valence-corrected chi connectivity index (χ1v) is 5.58. The van der Waals surface area contributed by atoms with Gasteiger partial charge in [-0.3, -0.25) is 4.79 Å². The zero-order valence-electron chi connectivity index (χ0n) is 9.94. The van der Waals surface area contributed by atoms with E-state index in [4.69, 9.17) is 5.73 Å². The third-order valence-electron chi connectivity index (χ3n) is 2.43. The first kappa shape index (κ1) is 13.2. The van der Waals surface area contributed by atoms with E-state index in [1.807, 2.05) is 0 Å². The minimum atomic E-state index is -0.712. The smallest absolute Gasteiger partial charge is 0.275 e. The number of nitrogens with zero attached hydrogens (tertiary/aromatic N) is 2. The second kappa shape index (κ2) is 5.57. The van der Waals surface area contributed by atoms with Gasteiger partial charge in [-0.1, -0.05) is 0 Å². The van der Waals surface area contributed by atoms with E-state index in [1.165, 1.54) is 12.5 Å². The molecule has 2 rings (SSSR count). The van der Waals surface area contributed by atoms with Gasteiger partial charge in [-0.05, 0) is 12.1 Å². The molecular weight excluding hydrogens is 254 g/mol. The fourth-order valence-corrected chi connectivity index (χ4v) is 1.53. The second-order valence-corrected chi connectivity index (χ2v) is 3.86. The van der Waals surface area contributed by atoms with Crippen LogP contribution in [0.4, 0.5) is 14.5 Å². The van der Waals surface area contributed by atoms with Crippen molar-refractivity contribution < 1.29 is 13.6 Å². The molecule has 0 atom stereocenters. The van der Waals surface area contributed by atoms with Crippen LogP contribution in [0.5, 0.6) is 0 Å². The number of amides is 1. The topological polar surface area (TPSA) is 72.9 Å². The summed E-state index contributed by atoms with van der Waals surface area (Å²) in [6, 6.07) is 2.82. The lowest BCUT2D eigenvalue weighted by Crippen LogP contribution is -2.14. The number of anilines is 1. The van der Waals surface area contributed by atoms with Gasteiger partial charge in [-0.25, -0.2) is 13.8 Å². The number of halogens is 2. The highest BCUT2D eigenvalue weighted by atomic mass is 19.1. The van der Waals surface area contributed by atoms with Gasteiger partial charge in [-0.15, -0.1) is 0 Å². The lowest BCUT2D eigenvalue weighted by Gasteiger charge is -2.04. The van der Waals surface area contributed by atoms with E-state index >= 15 is 0 Å². The minimum absolute atomic E-state index is 0.108. The molecule has 5 nitrogen and oxygen atoms in total. The van der Waals surface area contributed by atoms with Crippen molar-refractivity contribution in [3.63, 3.8) is 0 Å². The van der Waals surface area contributed by atoms with Crippen molar-refractivity contribution in [2.45, 2.75) is 6.54 Å². The molecule has 1 amide bonds. The van der Waals surface area contributed by atoms with Crippen LogP contribution >= 0.6 is 0 Å². The molecule has 2 aromatic rings. The fraction of sp³-hybridized carbons (Fsp3) is 0.167. The maximum Gasteiger partial charge on any atom is 0.275 e. The van der Waals surface area contributed by atoms with E-state index in [0.29, 0.717) is 13.1 Å². The highest BCUT2D eigenvalue weighted by Crippen LogP contribution is 2.16. The van der Waals surface area contributed by atoms with E-state index in [2.05, 4.69) is 10.3 Å². The average Bonchev–Trinajstić information content (AvgIpc) is 2.83. The van der Waals surface area contributed by atoms with E-state index in [0.717, 1.165) is 18.2 Å². The molecule has 0 spiro atoms. The zero-order valence-corrected chi connectivity index (χ0v) is 9.94. The summed E-state index contributed by atoms with van der Waals surface area (Å²) in [6.07, 6.45) is 2.93. The van der Waals surface area contributed by atoms with Crippen LogP contribution in [0.2, 0.25) is 0 Å². The van der Waals surface area contributed by atoms with Gasteiger partial charge in [0.1, 0.15) is 17.3 Å². The number of hydrogen-bond donors (Lipinski definition) is 2. The Bertz CT molecular complexity index is 597. The summed E-state index contributed by atoms with van der Waals surface area (Å²) < 4.78 is 27.9. The Balaban J connectivity index is 2.13. The summed E-state index contributed by atoms with van der Waals surface area (Å²) in [6.45, 7) is 0.935. The molecule has 0 unspecified atom stereocenters. The van der Waals surface area contributed by atoms with Gasteiger partial charge >= 0.3 is 0 Å². The molecule has 1 aromatic heterocycles. The molecule has 0 aliphatic carbocycles. The van der Waals surface area contributed by atoms with Crippen LogP contribution in [0.25, 0.3) is 0 Å². The number of nitrogens with two attached hydrogens (primary N) is 1. The summed E-state index contributed by atoms with van der Waals surface area (Å²) in [7, 11) is 0.